The van der Waals surface area contributed by atoms with Crippen molar-refractivity contribution in [3.63, 3.8) is 0 Å². The average molecular weight is 263 g/mol. The van der Waals surface area contributed by atoms with Gasteiger partial charge >= 0.3 is 0 Å². The zero-order valence-corrected chi connectivity index (χ0v) is 11.5. The number of para-hydroxylation sites is 2. The first-order chi connectivity index (χ1) is 9.06. The number of nitrogens with two attached hydrogens (primary N) is 1. The number of nitrogens with one attached hydrogen (secondary N) is 1. The van der Waals surface area contributed by atoms with Crippen LogP contribution >= 0.6 is 0 Å². The van der Waals surface area contributed by atoms with Crippen LogP contribution in [0.25, 0.3) is 0 Å². The van der Waals surface area contributed by atoms with E-state index in [1.54, 1.807) is 7.11 Å². The maximum absolute atomic E-state index is 11.9. The predicted molar refractivity (Wildman–Crippen MR) is 75.3 cm³/mol. The number of hydrogen-bond acceptors (Lipinski definition) is 4. The van der Waals surface area contributed by atoms with Gasteiger partial charge in [0.2, 0.25) is 5.91 Å². The Balaban J connectivity index is 1.85. The fourth-order valence-electron chi connectivity index (χ4n) is 2.32. The van der Waals surface area contributed by atoms with Gasteiger partial charge in [0.25, 0.3) is 0 Å². The summed E-state index contributed by atoms with van der Waals surface area (Å²) in [5.41, 5.74) is 6.67. The van der Waals surface area contributed by atoms with Gasteiger partial charge in [0.1, 0.15) is 5.75 Å². The molecule has 1 aromatic carbocycles. The van der Waals surface area contributed by atoms with Gasteiger partial charge in [0.15, 0.2) is 0 Å². The summed E-state index contributed by atoms with van der Waals surface area (Å²) in [7, 11) is 1.59. The van der Waals surface area contributed by atoms with Crippen LogP contribution in [0, 0.1) is 0 Å². The normalized spacial score (nSPS) is 17.6. The molecule has 1 heterocycles. The van der Waals surface area contributed by atoms with E-state index in [2.05, 4.69) is 12.2 Å². The summed E-state index contributed by atoms with van der Waals surface area (Å²) < 4.78 is 5.19. The second-order valence-corrected chi connectivity index (χ2v) is 5.11. The van der Waals surface area contributed by atoms with Gasteiger partial charge in [0, 0.05) is 18.6 Å². The first kappa shape index (κ1) is 13.8. The first-order valence-corrected chi connectivity index (χ1v) is 6.50. The fourth-order valence-corrected chi connectivity index (χ4v) is 2.32. The number of anilines is 1. The Morgan fingerprint density at radius 3 is 2.79 bits per heavy atom. The summed E-state index contributed by atoms with van der Waals surface area (Å²) in [5, 5.41) is 2.86. The maximum Gasteiger partial charge on any atom is 0.238 e. The van der Waals surface area contributed by atoms with E-state index in [0.29, 0.717) is 18.0 Å². The lowest BCUT2D eigenvalue weighted by Gasteiger charge is -2.47. The molecular weight excluding hydrogens is 242 g/mol. The Bertz CT molecular complexity index is 456. The minimum atomic E-state index is -0.106. The van der Waals surface area contributed by atoms with E-state index in [0.717, 1.165) is 19.5 Å². The summed E-state index contributed by atoms with van der Waals surface area (Å²) in [4.78, 5) is 14.0. The Hall–Kier alpha value is -1.59. The van der Waals surface area contributed by atoms with Crippen LogP contribution in [0.15, 0.2) is 24.3 Å². The van der Waals surface area contributed by atoms with Gasteiger partial charge in [-0.2, -0.15) is 0 Å². The summed E-state index contributed by atoms with van der Waals surface area (Å²) in [6.07, 6.45) is 0.942. The van der Waals surface area contributed by atoms with E-state index in [9.17, 15) is 4.79 Å². The van der Waals surface area contributed by atoms with Gasteiger partial charge in [0.05, 0.1) is 19.3 Å². The number of amides is 1. The molecule has 3 N–H and O–H groups in total. The van der Waals surface area contributed by atoms with Crippen molar-refractivity contribution in [1.29, 1.82) is 0 Å². The molecule has 1 saturated heterocycles. The largest absolute Gasteiger partial charge is 0.495 e. The lowest BCUT2D eigenvalue weighted by atomic mass is 9.88. The topological polar surface area (TPSA) is 67.6 Å². The smallest absolute Gasteiger partial charge is 0.238 e. The zero-order valence-electron chi connectivity index (χ0n) is 11.5. The molecule has 5 nitrogen and oxygen atoms in total. The second-order valence-electron chi connectivity index (χ2n) is 5.11. The minimum Gasteiger partial charge on any atom is -0.495 e. The summed E-state index contributed by atoms with van der Waals surface area (Å²) in [6, 6.07) is 7.38. The Morgan fingerprint density at radius 1 is 1.47 bits per heavy atom. The van der Waals surface area contributed by atoms with Gasteiger partial charge in [-0.05, 0) is 18.6 Å². The Morgan fingerprint density at radius 2 is 2.16 bits per heavy atom. The number of hydrogen-bond donors (Lipinski definition) is 2. The summed E-state index contributed by atoms with van der Waals surface area (Å²) in [6.45, 7) is 4.01. The van der Waals surface area contributed by atoms with Crippen molar-refractivity contribution < 1.29 is 9.53 Å². The molecule has 1 aliphatic rings. The van der Waals surface area contributed by atoms with E-state index in [-0.39, 0.29) is 11.4 Å². The van der Waals surface area contributed by atoms with Gasteiger partial charge in [-0.15, -0.1) is 0 Å². The number of carbonyl (C=O) groups is 1. The predicted octanol–water partition coefficient (Wildman–Crippen LogP) is 1.06. The van der Waals surface area contributed by atoms with Crippen molar-refractivity contribution in [1.82, 2.24) is 4.90 Å². The van der Waals surface area contributed by atoms with E-state index in [1.165, 1.54) is 0 Å². The van der Waals surface area contributed by atoms with Crippen LogP contribution < -0.4 is 15.8 Å². The highest BCUT2D eigenvalue weighted by Gasteiger charge is 2.38. The van der Waals surface area contributed by atoms with Crippen LogP contribution in [0.1, 0.15) is 13.3 Å². The molecular formula is C14H21N3O2. The molecule has 0 aromatic heterocycles. The lowest BCUT2D eigenvalue weighted by molar-refractivity contribution is -0.119. The third-order valence-electron chi connectivity index (χ3n) is 3.53. The highest BCUT2D eigenvalue weighted by Crippen LogP contribution is 2.24. The molecule has 19 heavy (non-hydrogen) atoms. The van der Waals surface area contributed by atoms with Crippen LogP contribution in [0.5, 0.6) is 5.75 Å². The van der Waals surface area contributed by atoms with Gasteiger partial charge in [-0.3, -0.25) is 9.69 Å². The maximum atomic E-state index is 11.9. The number of carbonyl (C=O) groups excluding carboxylic acids is 1. The quantitative estimate of drug-likeness (QED) is 0.833. The van der Waals surface area contributed by atoms with E-state index in [1.807, 2.05) is 29.2 Å². The molecule has 1 fully saturated rings. The molecule has 1 amide bonds. The third-order valence-corrected chi connectivity index (χ3v) is 3.53. The van der Waals surface area contributed by atoms with Crippen LogP contribution in [0.3, 0.4) is 0 Å². The molecule has 0 bridgehead atoms. The SMILES string of the molecule is CCC1(N)CN(CC(=O)Nc2ccccc2OC)C1. The first-order valence-electron chi connectivity index (χ1n) is 6.50. The molecule has 0 radical (unpaired) electrons. The highest BCUT2D eigenvalue weighted by atomic mass is 16.5. The van der Waals surface area contributed by atoms with Crippen LogP contribution in [0.4, 0.5) is 5.69 Å². The van der Waals surface area contributed by atoms with E-state index in [4.69, 9.17) is 10.5 Å². The highest BCUT2D eigenvalue weighted by molar-refractivity contribution is 5.93. The fraction of sp³-hybridized carbons (Fsp3) is 0.500. The Kier molecular flexibility index (Phi) is 4.07. The van der Waals surface area contributed by atoms with Gasteiger partial charge < -0.3 is 15.8 Å². The van der Waals surface area contributed by atoms with Crippen LogP contribution in [0.2, 0.25) is 0 Å². The van der Waals surface area contributed by atoms with Crippen molar-refractivity contribution in [2.75, 3.05) is 32.1 Å². The molecule has 104 valence electrons. The van der Waals surface area contributed by atoms with Crippen molar-refractivity contribution in [3.05, 3.63) is 24.3 Å². The second kappa shape index (κ2) is 5.59. The van der Waals surface area contributed by atoms with Crippen LogP contribution in [-0.4, -0.2) is 43.1 Å². The summed E-state index contributed by atoms with van der Waals surface area (Å²) >= 11 is 0. The summed E-state index contributed by atoms with van der Waals surface area (Å²) in [5.74, 6) is 0.629. The number of likely N-dealkylation sites (tertiary alicyclic amines) is 1. The number of rotatable bonds is 5. The van der Waals surface area contributed by atoms with Crippen molar-refractivity contribution in [3.8, 4) is 5.75 Å². The molecule has 1 aliphatic heterocycles. The van der Waals surface area contributed by atoms with Crippen molar-refractivity contribution in [2.24, 2.45) is 5.73 Å². The molecule has 5 heteroatoms. The zero-order chi connectivity index (χ0) is 13.9. The van der Waals surface area contributed by atoms with E-state index >= 15 is 0 Å². The number of benzene rings is 1. The lowest BCUT2D eigenvalue weighted by Crippen LogP contribution is -2.67. The Labute approximate surface area is 113 Å². The van der Waals surface area contributed by atoms with Crippen molar-refractivity contribution in [2.45, 2.75) is 18.9 Å². The van der Waals surface area contributed by atoms with E-state index < -0.39 is 0 Å². The van der Waals surface area contributed by atoms with Gasteiger partial charge in [-0.25, -0.2) is 0 Å². The van der Waals surface area contributed by atoms with Gasteiger partial charge in [-0.1, -0.05) is 19.1 Å². The molecule has 0 saturated carbocycles. The van der Waals surface area contributed by atoms with Crippen molar-refractivity contribution >= 4 is 11.6 Å². The molecule has 1 aromatic rings. The standard InChI is InChI=1S/C14H21N3O2/c1-3-14(15)9-17(10-14)8-13(18)16-11-6-4-5-7-12(11)19-2/h4-7H,3,8-10,15H2,1-2H3,(H,16,18). The minimum absolute atomic E-state index is 0.0392. The molecule has 2 rings (SSSR count). The molecule has 0 atom stereocenters. The van der Waals surface area contributed by atoms with Crippen LogP contribution in [-0.2, 0) is 4.79 Å². The number of methoxy groups -OCH3 is 1. The molecule has 0 spiro atoms. The third kappa shape index (κ3) is 3.24. The monoisotopic (exact) mass is 263 g/mol. The number of nitrogens with zero attached hydrogens (tertiary/aromatic N) is 1. The average Bonchev–Trinajstić information content (AvgIpc) is 2.37. The molecule has 0 unspecified atom stereocenters. The number of ether oxygens (including phenoxy) is 1. The molecule has 0 aliphatic carbocycles.